The lowest BCUT2D eigenvalue weighted by Gasteiger charge is -2.67. The van der Waals surface area contributed by atoms with Gasteiger partial charge in [0.2, 0.25) is 0 Å². The molecule has 0 spiro atoms. The average molecular weight is 445 g/mol. The zero-order valence-electron chi connectivity index (χ0n) is 21.0. The summed E-state index contributed by atoms with van der Waals surface area (Å²) in [4.78, 5) is 12.2. The van der Waals surface area contributed by atoms with Gasteiger partial charge in [0.25, 0.3) is 0 Å². The Morgan fingerprint density at radius 3 is 2.41 bits per heavy atom. The second kappa shape index (κ2) is 7.15. The fourth-order valence-electron chi connectivity index (χ4n) is 9.27. The molecule has 0 amide bonds. The van der Waals surface area contributed by atoms with Crippen molar-refractivity contribution in [1.29, 1.82) is 0 Å². The lowest BCUT2D eigenvalue weighted by molar-refractivity contribution is -0.188. The molecule has 0 aromatic heterocycles. The van der Waals surface area contributed by atoms with Crippen molar-refractivity contribution in [2.75, 3.05) is 0 Å². The number of hydrogen-bond acceptors (Lipinski definition) is 4. The van der Waals surface area contributed by atoms with Gasteiger partial charge >= 0.3 is 0 Å². The van der Waals surface area contributed by atoms with Crippen molar-refractivity contribution < 1.29 is 19.7 Å². The fraction of sp³-hybridized carbons (Fsp3) is 0.893. The van der Waals surface area contributed by atoms with Gasteiger partial charge in [0.15, 0.2) is 0 Å². The van der Waals surface area contributed by atoms with E-state index in [0.717, 1.165) is 51.4 Å². The number of epoxide rings is 1. The second-order valence-electron chi connectivity index (χ2n) is 13.3. The average Bonchev–Trinajstić information content (AvgIpc) is 3.20. The van der Waals surface area contributed by atoms with Crippen LogP contribution in [-0.4, -0.2) is 39.9 Å². The normalized spacial score (nSPS) is 49.2. The predicted octanol–water partition coefficient (Wildman–Crippen LogP) is 5.20. The van der Waals surface area contributed by atoms with Crippen molar-refractivity contribution in [2.24, 2.45) is 34.0 Å². The van der Waals surface area contributed by atoms with E-state index in [2.05, 4.69) is 27.7 Å². The number of aliphatic hydroxyl groups is 2. The molecule has 1 heterocycles. The minimum Gasteiger partial charge on any atom is -0.392 e. The van der Waals surface area contributed by atoms with Gasteiger partial charge in [-0.15, -0.1) is 0 Å². The first-order valence-corrected chi connectivity index (χ1v) is 13.1. The summed E-state index contributed by atoms with van der Waals surface area (Å²) in [6.45, 7) is 13.7. The smallest absolute Gasteiger partial charge is 0.133 e. The Balaban J connectivity index is 1.45. The summed E-state index contributed by atoms with van der Waals surface area (Å²) in [5.74, 6) is 1.43. The zero-order valence-corrected chi connectivity index (χ0v) is 21.0. The Morgan fingerprint density at radius 1 is 1.06 bits per heavy atom. The summed E-state index contributed by atoms with van der Waals surface area (Å²) < 4.78 is 5.70. The third-order valence-corrected chi connectivity index (χ3v) is 11.4. The fourth-order valence-corrected chi connectivity index (χ4v) is 9.27. The first-order valence-electron chi connectivity index (χ1n) is 13.1. The van der Waals surface area contributed by atoms with Crippen molar-refractivity contribution >= 4 is 5.78 Å². The third-order valence-electron chi connectivity index (χ3n) is 11.4. The van der Waals surface area contributed by atoms with E-state index in [9.17, 15) is 15.0 Å². The number of Topliss-reactive ketones (excluding diaryl/α,β-unsaturated/α-hetero) is 1. The maximum Gasteiger partial charge on any atom is 0.133 e. The number of fused-ring (bicyclic) bond motifs is 5. The van der Waals surface area contributed by atoms with Crippen LogP contribution in [0.15, 0.2) is 11.1 Å². The van der Waals surface area contributed by atoms with Crippen LogP contribution in [0.1, 0.15) is 99.3 Å². The van der Waals surface area contributed by atoms with Crippen LogP contribution in [0.25, 0.3) is 0 Å². The van der Waals surface area contributed by atoms with E-state index in [1.54, 1.807) is 0 Å². The van der Waals surface area contributed by atoms with E-state index in [-0.39, 0.29) is 40.0 Å². The molecule has 4 fully saturated rings. The lowest BCUT2D eigenvalue weighted by atomic mass is 9.38. The number of ether oxygens (including phenoxy) is 1. The van der Waals surface area contributed by atoms with Gasteiger partial charge in [-0.1, -0.05) is 38.8 Å². The SMILES string of the molecule is C[C@H](C[C@H](O)[C@@H]1OC1(C)C)C1=C2C[C@H](O)[C@H]3[C@@]4(C)CCC(=O)C[C@@H]4CC[C@]3(C)[C@@]2(C)CC1. The number of aliphatic hydroxyl groups excluding tert-OH is 2. The molecule has 0 bridgehead atoms. The van der Waals surface area contributed by atoms with Gasteiger partial charge in [-0.05, 0) is 92.8 Å². The van der Waals surface area contributed by atoms with Gasteiger partial charge in [0.1, 0.15) is 11.9 Å². The van der Waals surface area contributed by atoms with Crippen molar-refractivity contribution in [2.45, 2.75) is 123 Å². The largest absolute Gasteiger partial charge is 0.392 e. The standard InChI is InChI=1S/C28H44O4/c1-16(13-22(31)24-25(2,3)32-24)19-9-12-27(5)20(19)15-21(30)23-26(4)10-8-18(29)14-17(26)7-11-28(23,27)6/h16-17,21-24,30-31H,7-15H2,1-6H3/t16-,17+,21+,22+,23+,24+,26+,27+,28+/m1/s1. The molecule has 180 valence electrons. The van der Waals surface area contributed by atoms with Crippen LogP contribution in [0.2, 0.25) is 0 Å². The highest BCUT2D eigenvalue weighted by atomic mass is 16.6. The second-order valence-corrected chi connectivity index (χ2v) is 13.3. The van der Waals surface area contributed by atoms with Crippen LogP contribution in [0.3, 0.4) is 0 Å². The highest BCUT2D eigenvalue weighted by Crippen LogP contribution is 2.72. The summed E-state index contributed by atoms with van der Waals surface area (Å²) in [6, 6.07) is 0. The molecule has 1 saturated heterocycles. The van der Waals surface area contributed by atoms with Crippen molar-refractivity contribution in [3.05, 3.63) is 11.1 Å². The molecule has 2 N–H and O–H groups in total. The Hall–Kier alpha value is -0.710. The van der Waals surface area contributed by atoms with Crippen LogP contribution < -0.4 is 0 Å². The molecule has 0 radical (unpaired) electrons. The van der Waals surface area contributed by atoms with Gasteiger partial charge in [-0.2, -0.15) is 0 Å². The molecule has 3 saturated carbocycles. The minimum atomic E-state index is -0.425. The quantitative estimate of drug-likeness (QED) is 0.462. The Labute approximate surface area is 194 Å². The third kappa shape index (κ3) is 3.08. The Kier molecular flexibility index (Phi) is 5.15. The van der Waals surface area contributed by atoms with Gasteiger partial charge in [0, 0.05) is 12.8 Å². The van der Waals surface area contributed by atoms with E-state index in [1.165, 1.54) is 11.1 Å². The molecule has 0 unspecified atom stereocenters. The van der Waals surface area contributed by atoms with Gasteiger partial charge in [-0.3, -0.25) is 4.79 Å². The topological polar surface area (TPSA) is 70.1 Å². The monoisotopic (exact) mass is 444 g/mol. The first kappa shape index (κ1) is 23.1. The molecule has 0 aromatic carbocycles. The van der Waals surface area contributed by atoms with E-state index in [1.807, 2.05) is 13.8 Å². The van der Waals surface area contributed by atoms with Crippen LogP contribution in [0.5, 0.6) is 0 Å². The van der Waals surface area contributed by atoms with Gasteiger partial charge in [0.05, 0.1) is 17.8 Å². The van der Waals surface area contributed by atoms with Gasteiger partial charge < -0.3 is 14.9 Å². The maximum atomic E-state index is 12.2. The highest BCUT2D eigenvalue weighted by molar-refractivity contribution is 5.79. The molecule has 4 heteroatoms. The number of rotatable bonds is 4. The highest BCUT2D eigenvalue weighted by Gasteiger charge is 2.67. The van der Waals surface area contributed by atoms with E-state index in [4.69, 9.17) is 4.74 Å². The zero-order chi connectivity index (χ0) is 23.3. The van der Waals surface area contributed by atoms with E-state index < -0.39 is 6.10 Å². The number of allylic oxidation sites excluding steroid dienone is 1. The van der Waals surface area contributed by atoms with Crippen LogP contribution in [-0.2, 0) is 9.53 Å². The first-order chi connectivity index (χ1) is 14.8. The number of ketones is 1. The number of carbonyl (C=O) groups is 1. The van der Waals surface area contributed by atoms with Crippen molar-refractivity contribution in [3.63, 3.8) is 0 Å². The van der Waals surface area contributed by atoms with Crippen LogP contribution in [0.4, 0.5) is 0 Å². The molecule has 5 rings (SSSR count). The molecule has 0 aromatic rings. The van der Waals surface area contributed by atoms with Gasteiger partial charge in [-0.25, -0.2) is 0 Å². The Morgan fingerprint density at radius 2 is 1.75 bits per heavy atom. The molecular formula is C28H44O4. The number of hydrogen-bond donors (Lipinski definition) is 2. The summed E-state index contributed by atoms with van der Waals surface area (Å²) >= 11 is 0. The minimum absolute atomic E-state index is 0.0496. The molecule has 4 nitrogen and oxygen atoms in total. The summed E-state index contributed by atoms with van der Waals surface area (Å²) in [5.41, 5.74) is 3.03. The Bertz CT molecular complexity index is 844. The van der Waals surface area contributed by atoms with Crippen molar-refractivity contribution in [3.8, 4) is 0 Å². The van der Waals surface area contributed by atoms with Crippen molar-refractivity contribution in [1.82, 2.24) is 0 Å². The van der Waals surface area contributed by atoms with Crippen LogP contribution in [0, 0.1) is 34.0 Å². The molecule has 4 aliphatic carbocycles. The maximum absolute atomic E-state index is 12.2. The molecular weight excluding hydrogens is 400 g/mol. The van der Waals surface area contributed by atoms with E-state index >= 15 is 0 Å². The lowest BCUT2D eigenvalue weighted by Crippen LogP contribution is -2.63. The summed E-state index contributed by atoms with van der Waals surface area (Å²) in [6.07, 6.45) is 7.51. The predicted molar refractivity (Wildman–Crippen MR) is 125 cm³/mol. The van der Waals surface area contributed by atoms with E-state index in [0.29, 0.717) is 24.0 Å². The molecule has 9 atom stereocenters. The molecule has 1 aliphatic heterocycles. The van der Waals surface area contributed by atoms with Crippen LogP contribution >= 0.6 is 0 Å². The molecule has 5 aliphatic rings. The molecule has 32 heavy (non-hydrogen) atoms. The summed E-state index contributed by atoms with van der Waals surface area (Å²) in [7, 11) is 0. The number of carbonyl (C=O) groups excluding carboxylic acids is 1. The summed E-state index contributed by atoms with van der Waals surface area (Å²) in [5, 5.41) is 22.4.